The molecule has 1 aromatic carbocycles. The Labute approximate surface area is 163 Å². The van der Waals surface area contributed by atoms with Gasteiger partial charge in [0.1, 0.15) is 11.5 Å². The summed E-state index contributed by atoms with van der Waals surface area (Å²) >= 11 is 0. The van der Waals surface area contributed by atoms with E-state index in [1.165, 1.54) is 24.3 Å². The summed E-state index contributed by atoms with van der Waals surface area (Å²) in [7, 11) is 0. The molecule has 0 aliphatic carbocycles. The molecule has 0 fully saturated rings. The summed E-state index contributed by atoms with van der Waals surface area (Å²) in [5.41, 5.74) is 0. The Morgan fingerprint density at radius 2 is 1.69 bits per heavy atom. The molecule has 0 unspecified atom stereocenters. The van der Waals surface area contributed by atoms with Crippen molar-refractivity contribution in [3.63, 3.8) is 0 Å². The van der Waals surface area contributed by atoms with Gasteiger partial charge >= 0.3 is 109 Å². The smallest absolute Gasteiger partial charge is 1.00 e. The summed E-state index contributed by atoms with van der Waals surface area (Å²) in [6.45, 7) is 0. The van der Waals surface area contributed by atoms with Gasteiger partial charge in [-0.3, -0.25) is 0 Å². The average molecular weight is 234 g/mol. The molecule has 1 aromatic rings. The quantitative estimate of drug-likeness (QED) is 0.293. The average Bonchev–Trinajstić information content (AvgIpc) is 1.93. The van der Waals surface area contributed by atoms with E-state index in [0.717, 1.165) is 0 Å². The number of hydrogen-bond donors (Lipinski definition) is 2. The summed E-state index contributed by atoms with van der Waals surface area (Å²) in [6, 6.07) is 5.42. The molecular weight excluding hydrogens is 226 g/mol. The minimum atomic E-state index is -1.37. The fourth-order valence-electron chi connectivity index (χ4n) is 0.615. The second-order valence-corrected chi connectivity index (χ2v) is 1.86. The number of carboxylic acid groups (broad SMARTS) is 1. The van der Waals surface area contributed by atoms with Gasteiger partial charge in [-0.25, -0.2) is 4.79 Å². The maximum Gasteiger partial charge on any atom is 1.00 e. The summed E-state index contributed by atoms with van der Waals surface area (Å²) in [5.74, 6) is 0.262. The fourth-order valence-corrected chi connectivity index (χ4v) is 0.615. The van der Waals surface area contributed by atoms with Crippen molar-refractivity contribution in [3.8, 4) is 11.5 Å². The maximum absolute atomic E-state index is 9.97. The van der Waals surface area contributed by atoms with Crippen molar-refractivity contribution in [1.82, 2.24) is 0 Å². The molecule has 0 aliphatic heterocycles. The van der Waals surface area contributed by atoms with Crippen LogP contribution < -0.4 is 108 Å². The summed E-state index contributed by atoms with van der Waals surface area (Å²) in [6.07, 6.45) is -1.37. The van der Waals surface area contributed by atoms with Crippen LogP contribution >= 0.6 is 0 Å². The predicted molar refractivity (Wildman–Crippen MR) is 39.0 cm³/mol. The zero-order valence-electron chi connectivity index (χ0n) is 9.52. The van der Waals surface area contributed by atoms with E-state index in [0.29, 0.717) is 0 Å². The zero-order chi connectivity index (χ0) is 8.27. The Hall–Kier alpha value is 1.56. The summed E-state index contributed by atoms with van der Waals surface area (Å²) in [4.78, 5) is 9.97. The van der Waals surface area contributed by atoms with Crippen LogP contribution in [0.15, 0.2) is 24.3 Å². The van der Waals surface area contributed by atoms with E-state index in [9.17, 15) is 4.79 Å². The third-order valence-corrected chi connectivity index (χ3v) is 1.04. The standard InChI is InChI=1S/C7H6O4.2K.2H/c8-5-1-3-6(4-2-5)11-7(9)10;;;;/h1-4,8H,(H,9,10);;;;/q;2*+1;2*-1. The second kappa shape index (κ2) is 8.84. The molecule has 0 radical (unpaired) electrons. The normalized spacial score (nSPS) is 7.69. The number of aromatic hydroxyl groups is 1. The van der Waals surface area contributed by atoms with Crippen LogP contribution in [0.1, 0.15) is 2.85 Å². The van der Waals surface area contributed by atoms with Gasteiger partial charge in [-0.2, -0.15) is 0 Å². The van der Waals surface area contributed by atoms with E-state index in [1.807, 2.05) is 0 Å². The van der Waals surface area contributed by atoms with E-state index in [-0.39, 0.29) is 117 Å². The third-order valence-electron chi connectivity index (χ3n) is 1.04. The van der Waals surface area contributed by atoms with E-state index < -0.39 is 6.16 Å². The molecule has 0 amide bonds. The fraction of sp³-hybridized carbons (Fsp3) is 0. The van der Waals surface area contributed by atoms with Crippen molar-refractivity contribution < 1.29 is 125 Å². The predicted octanol–water partition coefficient (Wildman–Crippen LogP) is -4.32. The molecule has 0 spiro atoms. The molecule has 2 N–H and O–H groups in total. The molecule has 0 saturated heterocycles. The first-order valence-electron chi connectivity index (χ1n) is 2.88. The minimum Gasteiger partial charge on any atom is -1.00 e. The Morgan fingerprint density at radius 3 is 2.08 bits per heavy atom. The Bertz CT molecular complexity index is 268. The van der Waals surface area contributed by atoms with Crippen molar-refractivity contribution in [2.45, 2.75) is 0 Å². The number of hydrogen-bond acceptors (Lipinski definition) is 3. The van der Waals surface area contributed by atoms with Crippen molar-refractivity contribution in [2.75, 3.05) is 0 Å². The van der Waals surface area contributed by atoms with Gasteiger partial charge in [0.05, 0.1) is 0 Å². The minimum absolute atomic E-state index is 0. The van der Waals surface area contributed by atoms with Crippen LogP contribution in [0, 0.1) is 0 Å². The van der Waals surface area contributed by atoms with Gasteiger partial charge < -0.3 is 17.8 Å². The van der Waals surface area contributed by atoms with Gasteiger partial charge in [-0.15, -0.1) is 0 Å². The second-order valence-electron chi connectivity index (χ2n) is 1.86. The Balaban J connectivity index is -0.000000151. The van der Waals surface area contributed by atoms with Crippen molar-refractivity contribution in [2.24, 2.45) is 0 Å². The van der Waals surface area contributed by atoms with Crippen LogP contribution in [0.4, 0.5) is 4.79 Å². The van der Waals surface area contributed by atoms with E-state index in [1.54, 1.807) is 0 Å². The molecule has 0 heterocycles. The van der Waals surface area contributed by atoms with Crippen LogP contribution in [0.3, 0.4) is 0 Å². The van der Waals surface area contributed by atoms with Gasteiger partial charge in [0.15, 0.2) is 0 Å². The molecule has 0 bridgehead atoms. The van der Waals surface area contributed by atoms with Crippen LogP contribution in [-0.2, 0) is 0 Å². The first-order chi connectivity index (χ1) is 5.18. The van der Waals surface area contributed by atoms with Gasteiger partial charge in [0, 0.05) is 0 Å². The van der Waals surface area contributed by atoms with E-state index in [4.69, 9.17) is 10.2 Å². The summed E-state index contributed by atoms with van der Waals surface area (Å²) < 4.78 is 4.27. The van der Waals surface area contributed by atoms with Crippen molar-refractivity contribution in [1.29, 1.82) is 0 Å². The van der Waals surface area contributed by atoms with Gasteiger partial charge in [-0.05, 0) is 24.3 Å². The van der Waals surface area contributed by atoms with Crippen LogP contribution in [-0.4, -0.2) is 16.4 Å². The van der Waals surface area contributed by atoms with Gasteiger partial charge in [-0.1, -0.05) is 0 Å². The monoisotopic (exact) mass is 234 g/mol. The zero-order valence-corrected chi connectivity index (χ0v) is 13.8. The van der Waals surface area contributed by atoms with Crippen LogP contribution in [0.25, 0.3) is 0 Å². The molecule has 0 aromatic heterocycles. The van der Waals surface area contributed by atoms with Gasteiger partial charge in [0.25, 0.3) is 0 Å². The number of carbonyl (C=O) groups is 1. The third kappa shape index (κ3) is 7.49. The first-order valence-corrected chi connectivity index (χ1v) is 2.88. The summed E-state index contributed by atoms with van der Waals surface area (Å²) in [5, 5.41) is 16.9. The van der Waals surface area contributed by atoms with Crippen LogP contribution in [0.2, 0.25) is 0 Å². The number of benzene rings is 1. The molecule has 1 rings (SSSR count). The molecule has 62 valence electrons. The molecule has 0 atom stereocenters. The maximum atomic E-state index is 9.97. The molecular formula is C7H8K2O4. The van der Waals surface area contributed by atoms with Crippen LogP contribution in [0.5, 0.6) is 11.5 Å². The van der Waals surface area contributed by atoms with Gasteiger partial charge in [0.2, 0.25) is 0 Å². The number of phenols is 1. The largest absolute Gasteiger partial charge is 1.00 e. The SMILES string of the molecule is O=C(O)Oc1ccc(O)cc1.[H-].[H-].[K+].[K+]. The van der Waals surface area contributed by atoms with E-state index >= 15 is 0 Å². The molecule has 13 heavy (non-hydrogen) atoms. The molecule has 0 aliphatic rings. The number of rotatable bonds is 1. The molecule has 6 heteroatoms. The molecule has 0 saturated carbocycles. The van der Waals surface area contributed by atoms with Crippen molar-refractivity contribution in [3.05, 3.63) is 24.3 Å². The first kappa shape index (κ1) is 17.0. The van der Waals surface area contributed by atoms with Crippen molar-refractivity contribution >= 4 is 6.16 Å². The number of ether oxygens (including phenoxy) is 1. The molecule has 4 nitrogen and oxygen atoms in total. The number of phenolic OH excluding ortho intramolecular Hbond substituents is 1. The Morgan fingerprint density at radius 1 is 1.23 bits per heavy atom. The topological polar surface area (TPSA) is 66.8 Å². The Kier molecular flexibility index (Phi) is 11.5. The van der Waals surface area contributed by atoms with E-state index in [2.05, 4.69) is 4.74 Å².